The van der Waals surface area contributed by atoms with Crippen LogP contribution in [-0.2, 0) is 42.9 Å². The Morgan fingerprint density at radius 1 is 0.545 bits per heavy atom. The Bertz CT molecular complexity index is 952. The first kappa shape index (κ1) is 40.7. The van der Waals surface area contributed by atoms with Crippen LogP contribution in [0, 0.1) is 0 Å². The molecule has 0 aromatic heterocycles. The molecule has 1 aliphatic rings. The van der Waals surface area contributed by atoms with Crippen molar-refractivity contribution in [2.45, 2.75) is 19.8 Å². The van der Waals surface area contributed by atoms with Gasteiger partial charge in [0.25, 0.3) is 17.7 Å². The molecule has 0 spiro atoms. The molecule has 0 aromatic rings. The summed E-state index contributed by atoms with van der Waals surface area (Å²) < 4.78 is 27.5. The molecule has 0 aromatic carbocycles. The first-order valence-corrected chi connectivity index (χ1v) is 16.2. The summed E-state index contributed by atoms with van der Waals surface area (Å²) in [5.74, 6) is -1.75. The molecule has 1 fully saturated rings. The van der Waals surface area contributed by atoms with E-state index in [0.29, 0.717) is 91.9 Å². The van der Waals surface area contributed by atoms with Gasteiger partial charge >= 0.3 is 0 Å². The average molecular weight is 699 g/mol. The highest BCUT2D eigenvalue weighted by atomic mass is 32.1. The Morgan fingerprint density at radius 2 is 0.909 bits per heavy atom. The molecule has 44 heavy (non-hydrogen) atoms. The molecular formula is C27H46N4O9S4. The number of nitrogens with one attached hydrogen (secondary N) is 3. The average Bonchev–Trinajstić information content (AvgIpc) is 3.01. The standard InChI is InChI=1S/C27H46N4O9S4/c1-20(32)21(41)22(42)25(33)29-6-2-4-28-5-3-7-30-26(34)23(43)24(44)27(35)31-8-10-36-12-14-38-16-18-40-19-17-39-15-13-37-11-9-31/h28,41-44H,2-19H2,1H3,(H,29,33)(H,30,34)/b22-21-,24-23-. The number of amides is 3. The van der Waals surface area contributed by atoms with Crippen molar-refractivity contribution in [2.24, 2.45) is 0 Å². The molecule has 17 heteroatoms. The van der Waals surface area contributed by atoms with E-state index in [1.807, 2.05) is 0 Å². The van der Waals surface area contributed by atoms with E-state index in [1.54, 1.807) is 0 Å². The number of thiol groups is 4. The van der Waals surface area contributed by atoms with Gasteiger partial charge < -0.3 is 44.5 Å². The summed E-state index contributed by atoms with van der Waals surface area (Å²) >= 11 is 16.6. The number of allylic oxidation sites excluding steroid dienone is 1. The molecule has 1 aliphatic heterocycles. The molecule has 0 saturated carbocycles. The lowest BCUT2D eigenvalue weighted by Crippen LogP contribution is -2.38. The number of ketones is 1. The molecule has 0 bridgehead atoms. The van der Waals surface area contributed by atoms with Gasteiger partial charge in [-0.15, -0.1) is 50.5 Å². The molecular weight excluding hydrogens is 653 g/mol. The minimum Gasteiger partial charge on any atom is -0.377 e. The van der Waals surface area contributed by atoms with Crippen LogP contribution < -0.4 is 16.0 Å². The number of Topliss-reactive ketones (excluding diaryl/α,β-unsaturated/α-hetero) is 1. The van der Waals surface area contributed by atoms with Gasteiger partial charge in [-0.1, -0.05) is 0 Å². The van der Waals surface area contributed by atoms with Crippen molar-refractivity contribution in [2.75, 3.05) is 105 Å². The summed E-state index contributed by atoms with van der Waals surface area (Å²) in [6.45, 7) is 7.76. The third-order valence-corrected chi connectivity index (χ3v) is 7.99. The van der Waals surface area contributed by atoms with Crippen molar-refractivity contribution in [3.05, 3.63) is 19.6 Å². The Hall–Kier alpha value is -1.28. The third-order valence-electron chi connectivity index (χ3n) is 5.83. The second-order valence-electron chi connectivity index (χ2n) is 9.27. The van der Waals surface area contributed by atoms with Gasteiger partial charge in [-0.3, -0.25) is 19.2 Å². The fraction of sp³-hybridized carbons (Fsp3) is 0.704. The van der Waals surface area contributed by atoms with Gasteiger partial charge in [-0.25, -0.2) is 0 Å². The molecule has 0 aliphatic carbocycles. The lowest BCUT2D eigenvalue weighted by Gasteiger charge is -2.23. The first-order chi connectivity index (χ1) is 21.2. The summed E-state index contributed by atoms with van der Waals surface area (Å²) in [5.41, 5.74) is 0. The number of carbonyl (C=O) groups is 4. The normalized spacial score (nSPS) is 17.8. The zero-order valence-corrected chi connectivity index (χ0v) is 28.7. The predicted octanol–water partition coefficient (Wildman–Crippen LogP) is 0.245. The maximum absolute atomic E-state index is 13.1. The summed E-state index contributed by atoms with van der Waals surface area (Å²) in [6, 6.07) is 0. The van der Waals surface area contributed by atoms with Gasteiger partial charge in [-0.2, -0.15) is 0 Å². The van der Waals surface area contributed by atoms with Gasteiger partial charge in [0, 0.05) is 26.2 Å². The highest BCUT2D eigenvalue weighted by Crippen LogP contribution is 2.17. The zero-order valence-electron chi connectivity index (χ0n) is 25.1. The lowest BCUT2D eigenvalue weighted by molar-refractivity contribution is -0.128. The van der Waals surface area contributed by atoms with Crippen molar-refractivity contribution >= 4 is 74.0 Å². The minimum absolute atomic E-state index is 0.0145. The van der Waals surface area contributed by atoms with Gasteiger partial charge in [-0.05, 0) is 32.9 Å². The molecule has 0 atom stereocenters. The fourth-order valence-corrected chi connectivity index (χ4v) is 4.16. The van der Waals surface area contributed by atoms with Crippen LogP contribution >= 0.6 is 50.5 Å². The number of rotatable bonds is 12. The fourth-order valence-electron chi connectivity index (χ4n) is 3.40. The van der Waals surface area contributed by atoms with E-state index in [2.05, 4.69) is 66.5 Å². The highest BCUT2D eigenvalue weighted by molar-refractivity contribution is 7.90. The maximum Gasteiger partial charge on any atom is 0.261 e. The number of hydrogen-bond acceptors (Lipinski definition) is 14. The number of hydrogen-bond donors (Lipinski definition) is 7. The van der Waals surface area contributed by atoms with Crippen molar-refractivity contribution in [3.63, 3.8) is 0 Å². The minimum atomic E-state index is -0.508. The maximum atomic E-state index is 13.1. The first-order valence-electron chi connectivity index (χ1n) is 14.4. The summed E-state index contributed by atoms with van der Waals surface area (Å²) in [5, 5.41) is 8.62. The van der Waals surface area contributed by atoms with Crippen molar-refractivity contribution < 1.29 is 42.9 Å². The van der Waals surface area contributed by atoms with E-state index in [4.69, 9.17) is 23.7 Å². The zero-order chi connectivity index (χ0) is 32.6. The Balaban J connectivity index is 2.42. The molecule has 3 N–H and O–H groups in total. The van der Waals surface area contributed by atoms with E-state index >= 15 is 0 Å². The third kappa shape index (κ3) is 18.6. The van der Waals surface area contributed by atoms with Crippen LogP contribution in [0.5, 0.6) is 0 Å². The van der Waals surface area contributed by atoms with E-state index in [0.717, 1.165) is 0 Å². The topological polar surface area (TPSA) is 154 Å². The molecule has 252 valence electrons. The van der Waals surface area contributed by atoms with E-state index < -0.39 is 17.7 Å². The smallest absolute Gasteiger partial charge is 0.261 e. The highest BCUT2D eigenvalue weighted by Gasteiger charge is 2.21. The van der Waals surface area contributed by atoms with Crippen molar-refractivity contribution in [1.82, 2.24) is 20.9 Å². The van der Waals surface area contributed by atoms with E-state index in [1.165, 1.54) is 11.8 Å². The van der Waals surface area contributed by atoms with E-state index in [-0.39, 0.29) is 51.7 Å². The van der Waals surface area contributed by atoms with Crippen LogP contribution in [0.3, 0.4) is 0 Å². The number of ether oxygens (including phenoxy) is 5. The largest absolute Gasteiger partial charge is 0.377 e. The SMILES string of the molecule is CC(=O)/C(S)=C(/S)C(=O)NCCCNCCCNC(=O)/C(S)=C(/S)C(=O)N1CCOCCOCCOCCOCCOCC1. The summed E-state index contributed by atoms with van der Waals surface area (Å²) in [4.78, 5) is 50.3. The van der Waals surface area contributed by atoms with Gasteiger partial charge in [0.15, 0.2) is 5.78 Å². The Kier molecular flexibility index (Phi) is 23.9. The summed E-state index contributed by atoms with van der Waals surface area (Å²) in [7, 11) is 0. The second-order valence-corrected chi connectivity index (χ2v) is 11.1. The van der Waals surface area contributed by atoms with Gasteiger partial charge in [0.1, 0.15) is 0 Å². The molecule has 3 amide bonds. The van der Waals surface area contributed by atoms with Gasteiger partial charge in [0.2, 0.25) is 0 Å². The summed E-state index contributed by atoms with van der Waals surface area (Å²) in [6.07, 6.45) is 1.28. The lowest BCUT2D eigenvalue weighted by atomic mass is 10.3. The van der Waals surface area contributed by atoms with Crippen LogP contribution in [0.15, 0.2) is 19.6 Å². The molecule has 13 nitrogen and oxygen atoms in total. The Labute approximate surface area is 281 Å². The van der Waals surface area contributed by atoms with Crippen molar-refractivity contribution in [3.8, 4) is 0 Å². The van der Waals surface area contributed by atoms with E-state index in [9.17, 15) is 19.2 Å². The number of carbonyl (C=O) groups excluding carboxylic acids is 4. The monoisotopic (exact) mass is 698 g/mol. The van der Waals surface area contributed by atoms with Crippen LogP contribution in [0.2, 0.25) is 0 Å². The predicted molar refractivity (Wildman–Crippen MR) is 179 cm³/mol. The molecule has 1 rings (SSSR count). The molecule has 1 heterocycles. The van der Waals surface area contributed by atoms with Gasteiger partial charge in [0.05, 0.1) is 85.7 Å². The van der Waals surface area contributed by atoms with Crippen LogP contribution in [0.1, 0.15) is 19.8 Å². The van der Waals surface area contributed by atoms with Crippen LogP contribution in [-0.4, -0.2) is 134 Å². The number of nitrogens with zero attached hydrogens (tertiary/aromatic N) is 1. The molecule has 0 unspecified atom stereocenters. The quantitative estimate of drug-likeness (QED) is 0.0858. The second kappa shape index (κ2) is 25.9. The Morgan fingerprint density at radius 3 is 1.30 bits per heavy atom. The van der Waals surface area contributed by atoms with Crippen LogP contribution in [0.4, 0.5) is 0 Å². The van der Waals surface area contributed by atoms with Crippen molar-refractivity contribution in [1.29, 1.82) is 0 Å². The molecule has 0 radical (unpaired) electrons. The molecule has 1 saturated heterocycles. The van der Waals surface area contributed by atoms with Crippen LogP contribution in [0.25, 0.3) is 0 Å².